The normalized spacial score (nSPS) is 10.3. The molecule has 2 rings (SSSR count). The van der Waals surface area contributed by atoms with E-state index >= 15 is 0 Å². The molecule has 0 aliphatic heterocycles. The summed E-state index contributed by atoms with van der Waals surface area (Å²) >= 11 is 3.50. The Bertz CT molecular complexity index is 555. The van der Waals surface area contributed by atoms with E-state index in [1.54, 1.807) is 6.07 Å². The van der Waals surface area contributed by atoms with Crippen LogP contribution in [0.3, 0.4) is 0 Å². The molecule has 2 aromatic rings. The summed E-state index contributed by atoms with van der Waals surface area (Å²) in [7, 11) is 0. The molecule has 88 valence electrons. The van der Waals surface area contributed by atoms with Crippen molar-refractivity contribution in [1.82, 2.24) is 0 Å². The van der Waals surface area contributed by atoms with Crippen LogP contribution in [0.15, 0.2) is 40.9 Å². The van der Waals surface area contributed by atoms with Gasteiger partial charge in [0.15, 0.2) is 0 Å². The van der Waals surface area contributed by atoms with Crippen molar-refractivity contribution in [2.45, 2.75) is 6.92 Å². The Morgan fingerprint density at radius 3 is 2.65 bits per heavy atom. The SMILES string of the molecule is Cc1cccc(Nc2ccc(F)cc2N)c1Br. The minimum absolute atomic E-state index is 0.337. The largest absolute Gasteiger partial charge is 0.397 e. The second-order valence-corrected chi connectivity index (χ2v) is 4.59. The van der Waals surface area contributed by atoms with Gasteiger partial charge in [0.1, 0.15) is 5.82 Å². The summed E-state index contributed by atoms with van der Waals surface area (Å²) in [5, 5.41) is 3.17. The Hall–Kier alpha value is -1.55. The van der Waals surface area contributed by atoms with Crippen molar-refractivity contribution in [3.05, 3.63) is 52.3 Å². The molecule has 2 nitrogen and oxygen atoms in total. The van der Waals surface area contributed by atoms with Gasteiger partial charge in [-0.2, -0.15) is 0 Å². The Labute approximate surface area is 108 Å². The lowest BCUT2D eigenvalue weighted by atomic mass is 10.2. The molecule has 0 aliphatic rings. The summed E-state index contributed by atoms with van der Waals surface area (Å²) in [4.78, 5) is 0. The average molecular weight is 295 g/mol. The number of nitrogens with two attached hydrogens (primary N) is 1. The number of benzene rings is 2. The lowest BCUT2D eigenvalue weighted by molar-refractivity contribution is 0.628. The van der Waals surface area contributed by atoms with Gasteiger partial charge in [0.25, 0.3) is 0 Å². The van der Waals surface area contributed by atoms with Gasteiger partial charge in [-0.15, -0.1) is 0 Å². The van der Waals surface area contributed by atoms with Gasteiger partial charge in [0.05, 0.1) is 17.1 Å². The van der Waals surface area contributed by atoms with E-state index in [0.29, 0.717) is 11.4 Å². The number of hydrogen-bond donors (Lipinski definition) is 2. The average Bonchev–Trinajstić information content (AvgIpc) is 2.28. The molecule has 0 heterocycles. The zero-order valence-corrected chi connectivity index (χ0v) is 10.9. The summed E-state index contributed by atoms with van der Waals surface area (Å²) < 4.78 is 13.9. The fourth-order valence-corrected chi connectivity index (χ4v) is 1.90. The van der Waals surface area contributed by atoms with Gasteiger partial charge in [-0.05, 0) is 52.7 Å². The predicted octanol–water partition coefficient (Wildman–Crippen LogP) is 4.22. The van der Waals surface area contributed by atoms with E-state index in [4.69, 9.17) is 5.73 Å². The van der Waals surface area contributed by atoms with Crippen molar-refractivity contribution in [2.75, 3.05) is 11.1 Å². The predicted molar refractivity (Wildman–Crippen MR) is 73.0 cm³/mol. The van der Waals surface area contributed by atoms with Crippen molar-refractivity contribution < 1.29 is 4.39 Å². The molecule has 0 saturated carbocycles. The summed E-state index contributed by atoms with van der Waals surface area (Å²) in [6, 6.07) is 10.2. The fraction of sp³-hybridized carbons (Fsp3) is 0.0769. The van der Waals surface area contributed by atoms with Crippen LogP contribution in [-0.4, -0.2) is 0 Å². The number of halogens is 2. The van der Waals surface area contributed by atoms with E-state index in [9.17, 15) is 4.39 Å². The Kier molecular flexibility index (Phi) is 3.33. The maximum atomic E-state index is 12.9. The third-order valence-electron chi connectivity index (χ3n) is 2.47. The van der Waals surface area contributed by atoms with Crippen LogP contribution >= 0.6 is 15.9 Å². The molecule has 0 fully saturated rings. The summed E-state index contributed by atoms with van der Waals surface area (Å²) in [6.07, 6.45) is 0. The number of rotatable bonds is 2. The second kappa shape index (κ2) is 4.75. The van der Waals surface area contributed by atoms with Crippen molar-refractivity contribution in [3.63, 3.8) is 0 Å². The van der Waals surface area contributed by atoms with Gasteiger partial charge in [0, 0.05) is 4.47 Å². The fourth-order valence-electron chi connectivity index (χ4n) is 1.54. The zero-order chi connectivity index (χ0) is 12.4. The Balaban J connectivity index is 2.35. The number of hydrogen-bond acceptors (Lipinski definition) is 2. The number of aryl methyl sites for hydroxylation is 1. The highest BCUT2D eigenvalue weighted by Gasteiger charge is 2.05. The van der Waals surface area contributed by atoms with Gasteiger partial charge in [-0.3, -0.25) is 0 Å². The molecule has 0 unspecified atom stereocenters. The minimum Gasteiger partial charge on any atom is -0.397 e. The van der Waals surface area contributed by atoms with Crippen molar-refractivity contribution in [1.29, 1.82) is 0 Å². The first-order chi connectivity index (χ1) is 8.08. The molecule has 0 amide bonds. The van der Waals surface area contributed by atoms with Gasteiger partial charge in [-0.1, -0.05) is 12.1 Å². The van der Waals surface area contributed by atoms with Gasteiger partial charge >= 0.3 is 0 Å². The van der Waals surface area contributed by atoms with Crippen LogP contribution in [0.1, 0.15) is 5.56 Å². The molecule has 2 aromatic carbocycles. The van der Waals surface area contributed by atoms with E-state index in [1.807, 2.05) is 25.1 Å². The molecule has 0 saturated heterocycles. The van der Waals surface area contributed by atoms with Crippen molar-refractivity contribution >= 4 is 33.0 Å². The third kappa shape index (κ3) is 2.58. The van der Waals surface area contributed by atoms with Crippen LogP contribution < -0.4 is 11.1 Å². The Morgan fingerprint density at radius 1 is 1.18 bits per heavy atom. The van der Waals surface area contributed by atoms with E-state index in [-0.39, 0.29) is 5.82 Å². The molecule has 17 heavy (non-hydrogen) atoms. The smallest absolute Gasteiger partial charge is 0.125 e. The molecular weight excluding hydrogens is 283 g/mol. The lowest BCUT2D eigenvalue weighted by Gasteiger charge is -2.12. The van der Waals surface area contributed by atoms with Crippen LogP contribution in [0.4, 0.5) is 21.5 Å². The number of nitrogens with one attached hydrogen (secondary N) is 1. The van der Waals surface area contributed by atoms with Gasteiger partial charge < -0.3 is 11.1 Å². The molecule has 0 aliphatic carbocycles. The molecule has 0 spiro atoms. The zero-order valence-electron chi connectivity index (χ0n) is 9.30. The highest BCUT2D eigenvalue weighted by atomic mass is 79.9. The topological polar surface area (TPSA) is 38.0 Å². The standard InChI is InChI=1S/C13H12BrFN2/c1-8-3-2-4-12(13(8)14)17-11-6-5-9(15)7-10(11)16/h2-7,17H,16H2,1H3. The first kappa shape index (κ1) is 11.9. The quantitative estimate of drug-likeness (QED) is 0.814. The van der Waals surface area contributed by atoms with Crippen LogP contribution in [0.5, 0.6) is 0 Å². The summed E-state index contributed by atoms with van der Waals surface area (Å²) in [5.74, 6) is -0.337. The maximum absolute atomic E-state index is 12.9. The van der Waals surface area contributed by atoms with Crippen molar-refractivity contribution in [2.24, 2.45) is 0 Å². The van der Waals surface area contributed by atoms with Gasteiger partial charge in [-0.25, -0.2) is 4.39 Å². The van der Waals surface area contributed by atoms with Crippen LogP contribution in [0.2, 0.25) is 0 Å². The highest BCUT2D eigenvalue weighted by molar-refractivity contribution is 9.10. The van der Waals surface area contributed by atoms with E-state index in [0.717, 1.165) is 15.7 Å². The van der Waals surface area contributed by atoms with E-state index < -0.39 is 0 Å². The maximum Gasteiger partial charge on any atom is 0.125 e. The van der Waals surface area contributed by atoms with Crippen LogP contribution in [0, 0.1) is 12.7 Å². The molecule has 4 heteroatoms. The van der Waals surface area contributed by atoms with Gasteiger partial charge in [0.2, 0.25) is 0 Å². The summed E-state index contributed by atoms with van der Waals surface area (Å²) in [5.41, 5.74) is 8.85. The monoisotopic (exact) mass is 294 g/mol. The molecular formula is C13H12BrFN2. The third-order valence-corrected chi connectivity index (χ3v) is 3.53. The second-order valence-electron chi connectivity index (χ2n) is 3.79. The van der Waals surface area contributed by atoms with E-state index in [1.165, 1.54) is 12.1 Å². The highest BCUT2D eigenvalue weighted by Crippen LogP contribution is 2.30. The molecule has 0 atom stereocenters. The molecule has 0 aromatic heterocycles. The molecule has 3 N–H and O–H groups in total. The van der Waals surface area contributed by atoms with Crippen LogP contribution in [0.25, 0.3) is 0 Å². The van der Waals surface area contributed by atoms with Crippen molar-refractivity contribution in [3.8, 4) is 0 Å². The lowest BCUT2D eigenvalue weighted by Crippen LogP contribution is -1.98. The molecule has 0 bridgehead atoms. The summed E-state index contributed by atoms with van der Waals surface area (Å²) in [6.45, 7) is 2.00. The van der Waals surface area contributed by atoms with E-state index in [2.05, 4.69) is 21.2 Å². The number of anilines is 3. The van der Waals surface area contributed by atoms with Crippen LogP contribution in [-0.2, 0) is 0 Å². The Morgan fingerprint density at radius 2 is 1.94 bits per heavy atom. The number of nitrogen functional groups attached to an aromatic ring is 1. The first-order valence-corrected chi connectivity index (χ1v) is 5.94. The first-order valence-electron chi connectivity index (χ1n) is 5.15. The molecule has 0 radical (unpaired) electrons. The minimum atomic E-state index is -0.337.